The van der Waals surface area contributed by atoms with Crippen LogP contribution in [0.15, 0.2) is 48.5 Å². The number of carbonyl (C=O) groups excluding carboxylic acids is 1. The number of nitro groups is 1. The van der Waals surface area contributed by atoms with Crippen molar-refractivity contribution in [1.29, 1.82) is 0 Å². The van der Waals surface area contributed by atoms with Gasteiger partial charge in [0.25, 0.3) is 5.69 Å². The fraction of sp³-hybridized carbons (Fsp3) is 0.350. The number of para-hydroxylation sites is 1. The van der Waals surface area contributed by atoms with Gasteiger partial charge in [-0.3, -0.25) is 14.9 Å². The third-order valence-electron chi connectivity index (χ3n) is 4.65. The van der Waals surface area contributed by atoms with E-state index in [0.29, 0.717) is 11.3 Å². The van der Waals surface area contributed by atoms with Crippen molar-refractivity contribution in [3.05, 3.63) is 64.2 Å². The lowest BCUT2D eigenvalue weighted by Gasteiger charge is -2.29. The van der Waals surface area contributed by atoms with Crippen molar-refractivity contribution in [3.8, 4) is 5.75 Å². The molecule has 0 radical (unpaired) electrons. The summed E-state index contributed by atoms with van der Waals surface area (Å²) in [5, 5.41) is 13.8. The molecular formula is C20H23N3O4. The molecule has 7 heteroatoms. The summed E-state index contributed by atoms with van der Waals surface area (Å²) >= 11 is 0. The number of nitrogens with zero attached hydrogens (tertiary/aromatic N) is 2. The number of benzene rings is 2. The lowest BCUT2D eigenvalue weighted by molar-refractivity contribution is -0.385. The molecule has 0 saturated carbocycles. The van der Waals surface area contributed by atoms with E-state index in [0.717, 1.165) is 31.7 Å². The minimum Gasteiger partial charge on any atom is -0.490 e. The van der Waals surface area contributed by atoms with Gasteiger partial charge in [-0.15, -0.1) is 0 Å². The second-order valence-electron chi connectivity index (χ2n) is 6.76. The molecule has 0 spiro atoms. The van der Waals surface area contributed by atoms with Crippen LogP contribution in [0.25, 0.3) is 0 Å². The topological polar surface area (TPSA) is 84.7 Å². The predicted octanol–water partition coefficient (Wildman–Crippen LogP) is 3.25. The fourth-order valence-corrected chi connectivity index (χ4v) is 3.13. The Morgan fingerprint density at radius 3 is 2.52 bits per heavy atom. The molecule has 1 amide bonds. The number of nitrogens with one attached hydrogen (secondary N) is 1. The molecule has 7 nitrogen and oxygen atoms in total. The maximum absolute atomic E-state index is 12.2. The summed E-state index contributed by atoms with van der Waals surface area (Å²) < 4.78 is 5.99. The van der Waals surface area contributed by atoms with Crippen LogP contribution >= 0.6 is 0 Å². The van der Waals surface area contributed by atoms with Crippen molar-refractivity contribution in [2.24, 2.45) is 0 Å². The van der Waals surface area contributed by atoms with E-state index in [1.54, 1.807) is 30.3 Å². The molecule has 0 aromatic heterocycles. The van der Waals surface area contributed by atoms with Crippen molar-refractivity contribution in [2.45, 2.75) is 25.4 Å². The fourth-order valence-electron chi connectivity index (χ4n) is 3.13. The zero-order valence-electron chi connectivity index (χ0n) is 15.3. The monoisotopic (exact) mass is 369 g/mol. The normalized spacial score (nSPS) is 15.3. The summed E-state index contributed by atoms with van der Waals surface area (Å²) in [5.74, 6) is 0.481. The third-order valence-corrected chi connectivity index (χ3v) is 4.65. The first-order valence-electron chi connectivity index (χ1n) is 8.98. The molecule has 1 fully saturated rings. The van der Waals surface area contributed by atoms with E-state index in [4.69, 9.17) is 4.74 Å². The molecule has 142 valence electrons. The first kappa shape index (κ1) is 18.8. The number of hydrogen-bond acceptors (Lipinski definition) is 5. The lowest BCUT2D eigenvalue weighted by atomic mass is 10.1. The van der Waals surface area contributed by atoms with Crippen LogP contribution in [0.3, 0.4) is 0 Å². The Morgan fingerprint density at radius 1 is 1.19 bits per heavy atom. The lowest BCUT2D eigenvalue weighted by Crippen LogP contribution is -2.35. The van der Waals surface area contributed by atoms with Crippen LogP contribution in [-0.2, 0) is 11.2 Å². The first-order valence-corrected chi connectivity index (χ1v) is 8.98. The number of piperidine rings is 1. The van der Waals surface area contributed by atoms with E-state index < -0.39 is 4.92 Å². The minimum atomic E-state index is -0.474. The summed E-state index contributed by atoms with van der Waals surface area (Å²) in [6, 6.07) is 13.5. The molecule has 3 rings (SSSR count). The highest BCUT2D eigenvalue weighted by atomic mass is 16.6. The predicted molar refractivity (Wildman–Crippen MR) is 103 cm³/mol. The van der Waals surface area contributed by atoms with Gasteiger partial charge >= 0.3 is 0 Å². The van der Waals surface area contributed by atoms with Gasteiger partial charge in [0.05, 0.1) is 11.3 Å². The second kappa shape index (κ2) is 8.64. The Hall–Kier alpha value is -2.93. The average Bonchev–Trinajstić information content (AvgIpc) is 2.65. The van der Waals surface area contributed by atoms with Gasteiger partial charge in [-0.25, -0.2) is 0 Å². The quantitative estimate of drug-likeness (QED) is 0.624. The number of hydrogen-bond donors (Lipinski definition) is 1. The van der Waals surface area contributed by atoms with Crippen molar-refractivity contribution in [2.75, 3.05) is 25.5 Å². The Labute approximate surface area is 158 Å². The van der Waals surface area contributed by atoms with Gasteiger partial charge in [-0.1, -0.05) is 18.2 Å². The molecular weight excluding hydrogens is 346 g/mol. The average molecular weight is 369 g/mol. The van der Waals surface area contributed by atoms with Crippen molar-refractivity contribution >= 4 is 17.3 Å². The Kier molecular flexibility index (Phi) is 6.03. The number of amides is 1. The number of ether oxygens (including phenoxy) is 1. The largest absolute Gasteiger partial charge is 0.490 e. The Morgan fingerprint density at radius 2 is 1.85 bits per heavy atom. The molecule has 1 heterocycles. The third kappa shape index (κ3) is 5.27. The number of nitro benzene ring substituents is 1. The van der Waals surface area contributed by atoms with E-state index in [1.807, 2.05) is 12.1 Å². The summed E-state index contributed by atoms with van der Waals surface area (Å²) in [7, 11) is 2.11. The highest BCUT2D eigenvalue weighted by Crippen LogP contribution is 2.22. The highest BCUT2D eigenvalue weighted by Gasteiger charge is 2.18. The molecule has 27 heavy (non-hydrogen) atoms. The molecule has 1 N–H and O–H groups in total. The van der Waals surface area contributed by atoms with E-state index in [-0.39, 0.29) is 24.1 Å². The number of rotatable bonds is 6. The van der Waals surface area contributed by atoms with Crippen molar-refractivity contribution < 1.29 is 14.5 Å². The first-order chi connectivity index (χ1) is 13.0. The van der Waals surface area contributed by atoms with Crippen LogP contribution in [0.1, 0.15) is 18.4 Å². The van der Waals surface area contributed by atoms with Gasteiger partial charge in [0, 0.05) is 30.4 Å². The van der Waals surface area contributed by atoms with E-state index in [1.165, 1.54) is 6.07 Å². The molecule has 0 aliphatic carbocycles. The standard InChI is InChI=1S/C20H23N3O4/c1-22-12-10-18(11-13-22)27-17-8-6-16(7-9-17)21-20(24)14-15-4-2-3-5-19(15)23(25)26/h2-9,18H,10-14H2,1H3,(H,21,24). The molecule has 1 aliphatic rings. The van der Waals surface area contributed by atoms with Crippen molar-refractivity contribution in [1.82, 2.24) is 4.90 Å². The van der Waals surface area contributed by atoms with Crippen LogP contribution in [-0.4, -0.2) is 42.0 Å². The second-order valence-corrected chi connectivity index (χ2v) is 6.76. The smallest absolute Gasteiger partial charge is 0.273 e. The van der Waals surface area contributed by atoms with Crippen LogP contribution in [0.5, 0.6) is 5.75 Å². The van der Waals surface area contributed by atoms with E-state index in [2.05, 4.69) is 17.3 Å². The van der Waals surface area contributed by atoms with Gasteiger partial charge < -0.3 is 15.0 Å². The summed E-state index contributed by atoms with van der Waals surface area (Å²) in [6.07, 6.45) is 2.18. The van der Waals surface area contributed by atoms with Gasteiger partial charge in [0.15, 0.2) is 0 Å². The summed E-state index contributed by atoms with van der Waals surface area (Å²) in [6.45, 7) is 2.06. The molecule has 1 saturated heterocycles. The van der Waals surface area contributed by atoms with Crippen LogP contribution in [0, 0.1) is 10.1 Å². The zero-order valence-corrected chi connectivity index (χ0v) is 15.3. The minimum absolute atomic E-state index is 0.0467. The maximum Gasteiger partial charge on any atom is 0.273 e. The van der Waals surface area contributed by atoms with E-state index in [9.17, 15) is 14.9 Å². The number of anilines is 1. The molecule has 1 aliphatic heterocycles. The molecule has 0 atom stereocenters. The summed E-state index contributed by atoms with van der Waals surface area (Å²) in [5.41, 5.74) is 0.978. The van der Waals surface area contributed by atoms with E-state index >= 15 is 0 Å². The Bertz CT molecular complexity index is 799. The van der Waals surface area contributed by atoms with Gasteiger partial charge in [0.1, 0.15) is 11.9 Å². The van der Waals surface area contributed by atoms with Gasteiger partial charge in [-0.2, -0.15) is 0 Å². The van der Waals surface area contributed by atoms with Crippen LogP contribution < -0.4 is 10.1 Å². The highest BCUT2D eigenvalue weighted by molar-refractivity contribution is 5.92. The molecule has 2 aromatic carbocycles. The van der Waals surface area contributed by atoms with Crippen molar-refractivity contribution in [3.63, 3.8) is 0 Å². The van der Waals surface area contributed by atoms with Gasteiger partial charge in [-0.05, 0) is 44.2 Å². The summed E-state index contributed by atoms with van der Waals surface area (Å²) in [4.78, 5) is 25.1. The maximum atomic E-state index is 12.2. The van der Waals surface area contributed by atoms with Gasteiger partial charge in [0.2, 0.25) is 5.91 Å². The molecule has 0 unspecified atom stereocenters. The number of likely N-dealkylation sites (tertiary alicyclic amines) is 1. The molecule has 0 bridgehead atoms. The van der Waals surface area contributed by atoms with Crippen LogP contribution in [0.4, 0.5) is 11.4 Å². The molecule has 2 aromatic rings. The Balaban J connectivity index is 1.55. The zero-order chi connectivity index (χ0) is 19.2. The SMILES string of the molecule is CN1CCC(Oc2ccc(NC(=O)Cc3ccccc3[N+](=O)[O-])cc2)CC1. The number of carbonyl (C=O) groups is 1. The van der Waals surface area contributed by atoms with Crippen LogP contribution in [0.2, 0.25) is 0 Å².